The van der Waals surface area contributed by atoms with E-state index in [1.54, 1.807) is 10.6 Å². The lowest BCUT2D eigenvalue weighted by Crippen LogP contribution is -2.19. The summed E-state index contributed by atoms with van der Waals surface area (Å²) in [7, 11) is 0. The Labute approximate surface area is 231 Å². The molecule has 0 spiro atoms. The van der Waals surface area contributed by atoms with Crippen molar-refractivity contribution < 1.29 is 0 Å². The first-order valence-corrected chi connectivity index (χ1v) is 12.6. The molecule has 0 saturated carbocycles. The Bertz CT molecular complexity index is 1050. The number of benzene rings is 1. The Morgan fingerprint density at radius 2 is 1.41 bits per heavy atom. The van der Waals surface area contributed by atoms with Gasteiger partial charge in [-0.05, 0) is 100 Å². The molecular formula is C23H24Br5N3O. The number of dihydropyridines is 1. The molecular weight excluding hydrogens is 734 g/mol. The zero-order valence-corrected chi connectivity index (χ0v) is 23.3. The number of nitrogens with zero attached hydrogens (tertiary/aromatic N) is 2. The highest BCUT2D eigenvalue weighted by molar-refractivity contribution is 9.12. The highest BCUT2D eigenvalue weighted by Crippen LogP contribution is 2.13. The van der Waals surface area contributed by atoms with Crippen molar-refractivity contribution in [3.05, 3.63) is 114 Å². The lowest BCUT2D eigenvalue weighted by molar-refractivity contribution is 0.915. The number of para-hydroxylation sites is 1. The molecule has 9 heteroatoms. The average molecular weight is 758 g/mol. The first-order chi connectivity index (χ1) is 14.4. The third kappa shape index (κ3) is 11.2. The Hall–Kier alpha value is -1.00. The molecule has 1 aliphatic rings. The fourth-order valence-electron chi connectivity index (χ4n) is 2.14. The summed E-state index contributed by atoms with van der Waals surface area (Å²) in [5, 5.41) is 3.09. The van der Waals surface area contributed by atoms with E-state index in [0.29, 0.717) is 0 Å². The zero-order valence-electron chi connectivity index (χ0n) is 15.4. The Kier molecular flexibility index (Phi) is 16.1. The molecule has 1 unspecified atom stereocenters. The van der Waals surface area contributed by atoms with Gasteiger partial charge in [-0.25, -0.2) is 4.98 Å². The largest absolute Gasteiger partial charge is 0.364 e. The third-order valence-electron chi connectivity index (χ3n) is 3.40. The van der Waals surface area contributed by atoms with E-state index in [4.69, 9.17) is 0 Å². The van der Waals surface area contributed by atoms with E-state index in [9.17, 15) is 4.79 Å². The van der Waals surface area contributed by atoms with Gasteiger partial charge < -0.3 is 5.32 Å². The second-order valence-electron chi connectivity index (χ2n) is 5.59. The van der Waals surface area contributed by atoms with Gasteiger partial charge in [0.15, 0.2) is 0 Å². The molecule has 3 heterocycles. The number of pyridine rings is 2. The number of hydrogen-bond donors (Lipinski definition) is 1. The van der Waals surface area contributed by atoms with Crippen molar-refractivity contribution >= 4 is 79.6 Å². The quantitative estimate of drug-likeness (QED) is 0.154. The van der Waals surface area contributed by atoms with Crippen molar-refractivity contribution in [2.45, 2.75) is 19.8 Å². The van der Waals surface area contributed by atoms with Crippen LogP contribution in [0.4, 0.5) is 0 Å². The second kappa shape index (κ2) is 16.6. The maximum atomic E-state index is 11.6. The van der Waals surface area contributed by atoms with E-state index in [-0.39, 0.29) is 25.4 Å². The van der Waals surface area contributed by atoms with Crippen molar-refractivity contribution in [2.24, 2.45) is 0 Å². The fraction of sp³-hybridized carbons (Fsp3) is 0.130. The average Bonchev–Trinajstić information content (AvgIpc) is 2.69. The summed E-state index contributed by atoms with van der Waals surface area (Å²) in [6.07, 6.45) is 5.96. The van der Waals surface area contributed by atoms with Crippen molar-refractivity contribution in [3.8, 4) is 5.69 Å². The van der Waals surface area contributed by atoms with Crippen LogP contribution in [-0.4, -0.2) is 14.5 Å². The van der Waals surface area contributed by atoms with Crippen molar-refractivity contribution in [1.29, 1.82) is 0 Å². The molecule has 32 heavy (non-hydrogen) atoms. The number of hydrogen-bond acceptors (Lipinski definition) is 3. The molecule has 0 saturated heterocycles. The summed E-state index contributed by atoms with van der Waals surface area (Å²) in [5.74, 6) is 0. The summed E-state index contributed by atoms with van der Waals surface area (Å²) in [4.78, 5) is 15.9. The van der Waals surface area contributed by atoms with Crippen LogP contribution in [0.3, 0.4) is 0 Å². The van der Waals surface area contributed by atoms with Gasteiger partial charge in [-0.2, -0.15) is 0 Å². The van der Waals surface area contributed by atoms with E-state index >= 15 is 0 Å². The van der Waals surface area contributed by atoms with Gasteiger partial charge in [-0.15, -0.1) is 0 Å². The lowest BCUT2D eigenvalue weighted by atomic mass is 10.3. The molecule has 1 atom stereocenters. The van der Waals surface area contributed by atoms with Crippen LogP contribution in [0, 0.1) is 0 Å². The molecule has 2 aromatic heterocycles. The van der Waals surface area contributed by atoms with Crippen LogP contribution in [0.5, 0.6) is 0 Å². The second-order valence-corrected chi connectivity index (χ2v) is 9.86. The van der Waals surface area contributed by atoms with E-state index in [2.05, 4.69) is 90.0 Å². The van der Waals surface area contributed by atoms with E-state index in [1.165, 1.54) is 6.07 Å². The van der Waals surface area contributed by atoms with Crippen molar-refractivity contribution in [3.63, 3.8) is 0 Å². The minimum atomic E-state index is -0.0365. The number of aromatic nitrogens is 2. The van der Waals surface area contributed by atoms with Gasteiger partial charge in [0.05, 0.1) is 9.21 Å². The van der Waals surface area contributed by atoms with E-state index in [1.807, 2.05) is 72.8 Å². The van der Waals surface area contributed by atoms with Crippen molar-refractivity contribution in [1.82, 2.24) is 14.9 Å². The normalized spacial score (nSPS) is 13.4. The molecule has 1 aliphatic heterocycles. The predicted octanol–water partition coefficient (Wildman–Crippen LogP) is 8.58. The Balaban J connectivity index is 0.000000465. The molecule has 0 radical (unpaired) electrons. The summed E-state index contributed by atoms with van der Waals surface area (Å²) in [6.45, 7) is 0. The van der Waals surface area contributed by atoms with Gasteiger partial charge in [-0.1, -0.05) is 73.3 Å². The highest BCUT2D eigenvalue weighted by atomic mass is 79.9. The number of halogens is 5. The summed E-state index contributed by atoms with van der Waals surface area (Å²) < 4.78 is 5.09. The maximum Gasteiger partial charge on any atom is 0.255 e. The Morgan fingerprint density at radius 1 is 0.812 bits per heavy atom. The van der Waals surface area contributed by atoms with Gasteiger partial charge >= 0.3 is 0 Å². The number of alkyl halides is 1. The summed E-state index contributed by atoms with van der Waals surface area (Å²) in [5.41, 5.74) is 0.829. The van der Waals surface area contributed by atoms with E-state index in [0.717, 1.165) is 24.1 Å². The SMILES string of the molecule is BrC1=CC=CC(Br)N1.Brc1cccc(Br)n1.C.C.O=c1cccc(Br)n1-c1ccccc1. The summed E-state index contributed by atoms with van der Waals surface area (Å²) >= 11 is 16.4. The Morgan fingerprint density at radius 3 is 1.84 bits per heavy atom. The summed E-state index contributed by atoms with van der Waals surface area (Å²) in [6, 6.07) is 20.3. The minimum absolute atomic E-state index is 0. The zero-order chi connectivity index (χ0) is 21.9. The van der Waals surface area contributed by atoms with Crippen molar-refractivity contribution in [2.75, 3.05) is 0 Å². The topological polar surface area (TPSA) is 46.9 Å². The van der Waals surface area contributed by atoms with Crippen LogP contribution in [0.1, 0.15) is 14.9 Å². The molecule has 4 rings (SSSR count). The highest BCUT2D eigenvalue weighted by Gasteiger charge is 2.01. The molecule has 0 fully saturated rings. The fourth-order valence-corrected chi connectivity index (χ4v) is 4.73. The first kappa shape index (κ1) is 31.0. The number of allylic oxidation sites excluding steroid dienone is 2. The van der Waals surface area contributed by atoms with Gasteiger partial charge in [0.2, 0.25) is 0 Å². The minimum Gasteiger partial charge on any atom is -0.364 e. The molecule has 1 N–H and O–H groups in total. The van der Waals surface area contributed by atoms with Gasteiger partial charge in [0.1, 0.15) is 14.2 Å². The van der Waals surface area contributed by atoms with Crippen LogP contribution in [0.25, 0.3) is 5.69 Å². The lowest BCUT2D eigenvalue weighted by Gasteiger charge is -2.10. The molecule has 0 amide bonds. The molecule has 0 aliphatic carbocycles. The first-order valence-electron chi connectivity index (χ1n) is 8.52. The van der Waals surface area contributed by atoms with Gasteiger partial charge in [0, 0.05) is 11.8 Å². The monoisotopic (exact) mass is 753 g/mol. The maximum absolute atomic E-state index is 11.6. The van der Waals surface area contributed by atoms with Crippen LogP contribution in [0.15, 0.2) is 108 Å². The van der Waals surface area contributed by atoms with Crippen LogP contribution >= 0.6 is 79.6 Å². The molecule has 1 aromatic carbocycles. The van der Waals surface area contributed by atoms with E-state index < -0.39 is 0 Å². The molecule has 172 valence electrons. The van der Waals surface area contributed by atoms with Gasteiger partial charge in [0.25, 0.3) is 5.56 Å². The van der Waals surface area contributed by atoms with Crippen LogP contribution < -0.4 is 10.9 Å². The van der Waals surface area contributed by atoms with Crippen LogP contribution in [0.2, 0.25) is 0 Å². The molecule has 4 nitrogen and oxygen atoms in total. The number of rotatable bonds is 1. The standard InChI is InChI=1S/C11H8BrNO.C5H5Br2N.C5H3Br2N.2CH4/c12-10-7-4-8-11(14)13(10)9-5-2-1-3-6-9;2*6-4-2-1-3-5(7)8-4;;/h1-8H;1-4,8H;1-3H;2*1H4. The number of nitrogens with one attached hydrogen (secondary N) is 1. The molecule has 0 bridgehead atoms. The molecule has 3 aromatic rings. The predicted molar refractivity (Wildman–Crippen MR) is 155 cm³/mol. The van der Waals surface area contributed by atoms with Crippen LogP contribution in [-0.2, 0) is 0 Å². The third-order valence-corrected chi connectivity index (χ3v) is 5.93. The van der Waals surface area contributed by atoms with Gasteiger partial charge in [-0.3, -0.25) is 9.36 Å². The smallest absolute Gasteiger partial charge is 0.255 e.